The predicted octanol–water partition coefficient (Wildman–Crippen LogP) is 4.01. The third-order valence-corrected chi connectivity index (χ3v) is 3.94. The minimum absolute atomic E-state index is 0.141. The van der Waals surface area contributed by atoms with Gasteiger partial charge < -0.3 is 0 Å². The fourth-order valence-corrected chi connectivity index (χ4v) is 2.71. The Hall–Kier alpha value is -1.90. The van der Waals surface area contributed by atoms with Crippen LogP contribution in [0.15, 0.2) is 72.8 Å². The molecule has 0 fully saturated rings. The summed E-state index contributed by atoms with van der Waals surface area (Å²) < 4.78 is 0. The molecule has 1 unspecified atom stereocenters. The first-order valence-electron chi connectivity index (χ1n) is 7.49. The van der Waals surface area contributed by atoms with Gasteiger partial charge in [0.15, 0.2) is 0 Å². The smallest absolute Gasteiger partial charge is 0.0356 e. The molecule has 2 nitrogen and oxygen atoms in total. The zero-order chi connectivity index (χ0) is 15.1. The molecule has 110 valence electrons. The summed E-state index contributed by atoms with van der Waals surface area (Å²) in [6.07, 6.45) is 1.86. The van der Waals surface area contributed by atoms with Crippen molar-refractivity contribution in [1.82, 2.24) is 5.43 Å². The van der Waals surface area contributed by atoms with E-state index in [1.165, 1.54) is 16.7 Å². The molecule has 21 heavy (non-hydrogen) atoms. The second-order valence-corrected chi connectivity index (χ2v) is 5.38. The van der Waals surface area contributed by atoms with Gasteiger partial charge in [0.2, 0.25) is 0 Å². The van der Waals surface area contributed by atoms with Crippen molar-refractivity contribution in [2.75, 3.05) is 0 Å². The van der Waals surface area contributed by atoms with Gasteiger partial charge in [-0.3, -0.25) is 11.3 Å². The van der Waals surface area contributed by atoms with Crippen molar-refractivity contribution >= 4 is 0 Å². The summed E-state index contributed by atoms with van der Waals surface area (Å²) in [7, 11) is 0. The molecule has 0 spiro atoms. The number of rotatable bonds is 7. The second-order valence-electron chi connectivity index (χ2n) is 5.38. The van der Waals surface area contributed by atoms with Crippen molar-refractivity contribution in [2.24, 2.45) is 5.84 Å². The molecule has 0 aliphatic rings. The van der Waals surface area contributed by atoms with Crippen LogP contribution in [0.2, 0.25) is 0 Å². The topological polar surface area (TPSA) is 38.0 Å². The van der Waals surface area contributed by atoms with Crippen LogP contribution >= 0.6 is 0 Å². The van der Waals surface area contributed by atoms with Gasteiger partial charge in [0.05, 0.1) is 0 Å². The molecule has 2 heteroatoms. The molecule has 1 atom stereocenters. The van der Waals surface area contributed by atoms with E-state index in [9.17, 15) is 0 Å². The van der Waals surface area contributed by atoms with E-state index in [1.807, 2.05) is 12.1 Å². The fourth-order valence-electron chi connectivity index (χ4n) is 2.71. The van der Waals surface area contributed by atoms with Gasteiger partial charge in [0, 0.05) is 12.0 Å². The van der Waals surface area contributed by atoms with Crippen molar-refractivity contribution in [3.8, 4) is 0 Å². The zero-order valence-corrected chi connectivity index (χ0v) is 12.6. The number of hydrazine groups is 1. The van der Waals surface area contributed by atoms with Crippen LogP contribution in [0.4, 0.5) is 0 Å². The maximum absolute atomic E-state index is 5.86. The normalized spacial score (nSPS) is 12.3. The van der Waals surface area contributed by atoms with Crippen molar-refractivity contribution in [2.45, 2.75) is 31.7 Å². The number of benzene rings is 2. The quantitative estimate of drug-likeness (QED) is 0.457. The van der Waals surface area contributed by atoms with Gasteiger partial charge in [-0.1, -0.05) is 79.7 Å². The highest BCUT2D eigenvalue weighted by Gasteiger charge is 2.24. The fraction of sp³-hybridized carbons (Fsp3) is 0.263. The molecule has 0 saturated heterocycles. The molecule has 0 amide bonds. The van der Waals surface area contributed by atoms with Crippen molar-refractivity contribution < 1.29 is 0 Å². The highest BCUT2D eigenvalue weighted by Crippen LogP contribution is 2.30. The Balaban J connectivity index is 2.38. The van der Waals surface area contributed by atoms with Crippen LogP contribution in [0.3, 0.4) is 0 Å². The van der Waals surface area contributed by atoms with Gasteiger partial charge in [0.25, 0.3) is 0 Å². The number of hydrogen-bond donors (Lipinski definition) is 2. The molecule has 3 N–H and O–H groups in total. The maximum atomic E-state index is 5.86. The monoisotopic (exact) mass is 280 g/mol. The molecule has 2 rings (SSSR count). The molecule has 0 bridgehead atoms. The van der Waals surface area contributed by atoms with Gasteiger partial charge >= 0.3 is 0 Å². The molecule has 0 radical (unpaired) electrons. The van der Waals surface area contributed by atoms with Crippen LogP contribution in [0.25, 0.3) is 0 Å². The Morgan fingerprint density at radius 1 is 1.00 bits per heavy atom. The first-order valence-corrected chi connectivity index (χ1v) is 7.49. The van der Waals surface area contributed by atoms with Crippen LogP contribution in [-0.2, 0) is 0 Å². The summed E-state index contributed by atoms with van der Waals surface area (Å²) in [5.74, 6) is 6.08. The molecule has 2 aromatic carbocycles. The Kier molecular flexibility index (Phi) is 5.73. The van der Waals surface area contributed by atoms with E-state index in [0.717, 1.165) is 12.8 Å². The van der Waals surface area contributed by atoms with E-state index in [0.29, 0.717) is 0 Å². The van der Waals surface area contributed by atoms with E-state index in [2.05, 4.69) is 67.5 Å². The van der Waals surface area contributed by atoms with Gasteiger partial charge in [-0.05, 0) is 24.0 Å². The first kappa shape index (κ1) is 15.5. The Labute approximate surface area is 127 Å². The van der Waals surface area contributed by atoms with Crippen molar-refractivity contribution in [3.05, 3.63) is 83.9 Å². The molecule has 0 heterocycles. The largest absolute Gasteiger partial charge is 0.271 e. The van der Waals surface area contributed by atoms with Crippen molar-refractivity contribution in [3.63, 3.8) is 0 Å². The third-order valence-electron chi connectivity index (χ3n) is 3.94. The highest BCUT2D eigenvalue weighted by molar-refractivity contribution is 5.34. The van der Waals surface area contributed by atoms with E-state index < -0.39 is 0 Å². The molecule has 2 aromatic rings. The highest BCUT2D eigenvalue weighted by atomic mass is 15.2. The average molecular weight is 280 g/mol. The summed E-state index contributed by atoms with van der Waals surface area (Å²) in [5.41, 5.74) is 6.77. The van der Waals surface area contributed by atoms with Gasteiger partial charge in [0.1, 0.15) is 0 Å². The Morgan fingerprint density at radius 3 is 1.86 bits per heavy atom. The van der Waals surface area contributed by atoms with Gasteiger partial charge in [-0.2, -0.15) is 0 Å². The number of hydrogen-bond acceptors (Lipinski definition) is 2. The second kappa shape index (κ2) is 7.77. The van der Waals surface area contributed by atoms with Crippen LogP contribution in [0, 0.1) is 0 Å². The lowest BCUT2D eigenvalue weighted by molar-refractivity contribution is 0.471. The average Bonchev–Trinajstić information content (AvgIpc) is 2.56. The molecule has 0 aromatic heterocycles. The van der Waals surface area contributed by atoms with E-state index in [-0.39, 0.29) is 12.0 Å². The summed E-state index contributed by atoms with van der Waals surface area (Å²) in [6.45, 7) is 6.27. The predicted molar refractivity (Wildman–Crippen MR) is 89.9 cm³/mol. The summed E-state index contributed by atoms with van der Waals surface area (Å²) >= 11 is 0. The van der Waals surface area contributed by atoms with E-state index in [1.54, 1.807) is 0 Å². The van der Waals surface area contributed by atoms with Gasteiger partial charge in [-0.15, -0.1) is 0 Å². The Bertz CT molecular complexity index is 509. The van der Waals surface area contributed by atoms with Crippen LogP contribution in [-0.4, -0.2) is 6.04 Å². The summed E-state index contributed by atoms with van der Waals surface area (Å²) in [6, 6.07) is 21.2. The molecule has 0 aliphatic carbocycles. The lowest BCUT2D eigenvalue weighted by Crippen LogP contribution is -2.40. The first-order chi connectivity index (χ1) is 10.3. The molecule has 0 saturated carbocycles. The van der Waals surface area contributed by atoms with Crippen LogP contribution in [0.1, 0.15) is 36.8 Å². The number of nitrogens with one attached hydrogen (secondary N) is 1. The molecular formula is C19H24N2. The number of nitrogens with two attached hydrogens (primary N) is 1. The molecule has 0 aliphatic heterocycles. The maximum Gasteiger partial charge on any atom is 0.0356 e. The van der Waals surface area contributed by atoms with E-state index in [4.69, 9.17) is 5.84 Å². The Morgan fingerprint density at radius 2 is 1.48 bits per heavy atom. The summed E-state index contributed by atoms with van der Waals surface area (Å²) in [4.78, 5) is 0. The molecular weight excluding hydrogens is 256 g/mol. The zero-order valence-electron chi connectivity index (χ0n) is 12.6. The third kappa shape index (κ3) is 4.03. The standard InChI is InChI=1S/C19H24N2/c1-3-15(2)14-18(21-20)19(16-10-6-4-7-11-16)17-12-8-5-9-13-17/h4-13,18-19,21H,2-3,14,20H2,1H3. The van der Waals surface area contributed by atoms with E-state index >= 15 is 0 Å². The summed E-state index contributed by atoms with van der Waals surface area (Å²) in [5, 5.41) is 0. The van der Waals surface area contributed by atoms with Crippen molar-refractivity contribution in [1.29, 1.82) is 0 Å². The SMILES string of the molecule is C=C(CC)CC(NN)C(c1ccccc1)c1ccccc1. The minimum Gasteiger partial charge on any atom is -0.271 e. The minimum atomic E-state index is 0.141. The van der Waals surface area contributed by atoms with Crippen LogP contribution in [0.5, 0.6) is 0 Å². The van der Waals surface area contributed by atoms with Gasteiger partial charge in [-0.25, -0.2) is 0 Å². The van der Waals surface area contributed by atoms with Crippen LogP contribution < -0.4 is 11.3 Å². The lowest BCUT2D eigenvalue weighted by atomic mass is 9.82. The lowest BCUT2D eigenvalue weighted by Gasteiger charge is -2.28.